The van der Waals surface area contributed by atoms with Gasteiger partial charge in [0.2, 0.25) is 6.79 Å². The molecule has 1 aliphatic heterocycles. The van der Waals surface area contributed by atoms with Crippen LogP contribution in [0.1, 0.15) is 22.5 Å². The molecule has 0 saturated carbocycles. The van der Waals surface area contributed by atoms with E-state index in [0.29, 0.717) is 6.79 Å². The number of rotatable bonds is 4. The van der Waals surface area contributed by atoms with Gasteiger partial charge in [-0.25, -0.2) is 0 Å². The fraction of sp³-hybridized carbons (Fsp3) is 0.400. The number of ether oxygens (including phenoxy) is 2. The zero-order chi connectivity index (χ0) is 14.1. The summed E-state index contributed by atoms with van der Waals surface area (Å²) < 4.78 is 12.8. The average Bonchev–Trinajstić information content (AvgIpc) is 2.99. The fourth-order valence-corrected chi connectivity index (χ4v) is 2.53. The molecule has 5 nitrogen and oxygen atoms in total. The van der Waals surface area contributed by atoms with Crippen molar-refractivity contribution in [1.82, 2.24) is 15.1 Å². The van der Waals surface area contributed by atoms with Gasteiger partial charge in [0.15, 0.2) is 11.5 Å². The number of aromatic nitrogens is 2. The summed E-state index contributed by atoms with van der Waals surface area (Å²) in [4.78, 5) is 0. The van der Waals surface area contributed by atoms with E-state index in [2.05, 4.69) is 30.3 Å². The van der Waals surface area contributed by atoms with Gasteiger partial charge in [-0.15, -0.1) is 0 Å². The summed E-state index contributed by atoms with van der Waals surface area (Å²) in [5.41, 5.74) is 4.72. The summed E-state index contributed by atoms with van der Waals surface area (Å²) in [7, 11) is 1.95. The number of benzene rings is 1. The first-order chi connectivity index (χ1) is 9.69. The van der Waals surface area contributed by atoms with Gasteiger partial charge in [0, 0.05) is 17.8 Å². The van der Waals surface area contributed by atoms with E-state index >= 15 is 0 Å². The number of aryl methyl sites for hydroxylation is 1. The van der Waals surface area contributed by atoms with Crippen LogP contribution in [0.15, 0.2) is 18.2 Å². The third-order valence-corrected chi connectivity index (χ3v) is 3.65. The molecule has 1 aliphatic rings. The lowest BCUT2D eigenvalue weighted by atomic mass is 10.2. The standard InChI is InChI=1S/C15H19N3O2/c1-10-13(7-16-3)11(2)18(17-10)8-12-4-5-14-15(6-12)20-9-19-14/h4-6,16H,7-9H2,1-3H3. The van der Waals surface area contributed by atoms with Gasteiger partial charge in [-0.2, -0.15) is 5.10 Å². The minimum atomic E-state index is 0.311. The van der Waals surface area contributed by atoms with Gasteiger partial charge in [0.05, 0.1) is 12.2 Å². The van der Waals surface area contributed by atoms with E-state index in [4.69, 9.17) is 9.47 Å². The largest absolute Gasteiger partial charge is 0.454 e. The predicted molar refractivity (Wildman–Crippen MR) is 76.1 cm³/mol. The van der Waals surface area contributed by atoms with E-state index in [-0.39, 0.29) is 0 Å². The molecule has 0 unspecified atom stereocenters. The van der Waals surface area contributed by atoms with Crippen LogP contribution in [0.2, 0.25) is 0 Å². The highest BCUT2D eigenvalue weighted by molar-refractivity contribution is 5.44. The Hall–Kier alpha value is -2.01. The summed E-state index contributed by atoms with van der Waals surface area (Å²) in [6.45, 7) is 6.06. The highest BCUT2D eigenvalue weighted by atomic mass is 16.7. The van der Waals surface area contributed by atoms with Crippen molar-refractivity contribution in [2.24, 2.45) is 0 Å². The average molecular weight is 273 g/mol. The second kappa shape index (κ2) is 5.17. The van der Waals surface area contributed by atoms with Crippen LogP contribution in [0.5, 0.6) is 11.5 Å². The second-order valence-electron chi connectivity index (χ2n) is 5.02. The molecule has 0 aliphatic carbocycles. The van der Waals surface area contributed by atoms with Crippen LogP contribution in [-0.2, 0) is 13.1 Å². The molecule has 0 amide bonds. The van der Waals surface area contributed by atoms with Crippen LogP contribution in [0.4, 0.5) is 0 Å². The highest BCUT2D eigenvalue weighted by Gasteiger charge is 2.15. The van der Waals surface area contributed by atoms with Crippen molar-refractivity contribution < 1.29 is 9.47 Å². The van der Waals surface area contributed by atoms with Gasteiger partial charge in [-0.05, 0) is 38.6 Å². The predicted octanol–water partition coefficient (Wildman–Crippen LogP) is 2.00. The van der Waals surface area contributed by atoms with Gasteiger partial charge < -0.3 is 14.8 Å². The molecule has 0 atom stereocenters. The third-order valence-electron chi connectivity index (χ3n) is 3.65. The molecule has 2 aromatic rings. The molecule has 0 saturated heterocycles. The SMILES string of the molecule is CNCc1c(C)nn(Cc2ccc3c(c2)OCO3)c1C. The van der Waals surface area contributed by atoms with Gasteiger partial charge in [-0.1, -0.05) is 6.07 Å². The van der Waals surface area contributed by atoms with Crippen molar-refractivity contribution in [2.45, 2.75) is 26.9 Å². The zero-order valence-electron chi connectivity index (χ0n) is 12.1. The van der Waals surface area contributed by atoms with Gasteiger partial charge in [0.1, 0.15) is 0 Å². The van der Waals surface area contributed by atoms with E-state index in [1.165, 1.54) is 11.3 Å². The lowest BCUT2D eigenvalue weighted by Gasteiger charge is -2.06. The molecule has 20 heavy (non-hydrogen) atoms. The van der Waals surface area contributed by atoms with Gasteiger partial charge in [-0.3, -0.25) is 4.68 Å². The van der Waals surface area contributed by atoms with Crippen LogP contribution in [-0.4, -0.2) is 23.6 Å². The molecule has 1 aromatic heterocycles. The van der Waals surface area contributed by atoms with Crippen molar-refractivity contribution in [1.29, 1.82) is 0 Å². The highest BCUT2D eigenvalue weighted by Crippen LogP contribution is 2.32. The Morgan fingerprint density at radius 2 is 2.05 bits per heavy atom. The maximum Gasteiger partial charge on any atom is 0.231 e. The molecule has 5 heteroatoms. The Labute approximate surface area is 118 Å². The summed E-state index contributed by atoms with van der Waals surface area (Å²) in [5.74, 6) is 1.64. The summed E-state index contributed by atoms with van der Waals surface area (Å²) >= 11 is 0. The Morgan fingerprint density at radius 1 is 1.25 bits per heavy atom. The third kappa shape index (κ3) is 2.25. The van der Waals surface area contributed by atoms with Crippen molar-refractivity contribution in [3.63, 3.8) is 0 Å². The summed E-state index contributed by atoms with van der Waals surface area (Å²) in [6, 6.07) is 6.04. The maximum absolute atomic E-state index is 5.41. The Bertz CT molecular complexity index is 634. The smallest absolute Gasteiger partial charge is 0.231 e. The minimum absolute atomic E-state index is 0.311. The molecular formula is C15H19N3O2. The van der Waals surface area contributed by atoms with Crippen LogP contribution in [0.3, 0.4) is 0 Å². The number of hydrogen-bond acceptors (Lipinski definition) is 4. The monoisotopic (exact) mass is 273 g/mol. The molecular weight excluding hydrogens is 254 g/mol. The van der Waals surface area contributed by atoms with Crippen LogP contribution in [0, 0.1) is 13.8 Å². The van der Waals surface area contributed by atoms with Crippen molar-refractivity contribution in [3.8, 4) is 11.5 Å². The normalized spacial score (nSPS) is 12.9. The molecule has 0 spiro atoms. The van der Waals surface area contributed by atoms with E-state index < -0.39 is 0 Å². The number of fused-ring (bicyclic) bond motifs is 1. The van der Waals surface area contributed by atoms with E-state index in [1.807, 2.05) is 23.9 Å². The van der Waals surface area contributed by atoms with Crippen molar-refractivity contribution in [3.05, 3.63) is 40.7 Å². The van der Waals surface area contributed by atoms with Crippen LogP contribution < -0.4 is 14.8 Å². The lowest BCUT2D eigenvalue weighted by Crippen LogP contribution is -2.08. The molecule has 106 valence electrons. The topological polar surface area (TPSA) is 48.3 Å². The molecule has 2 heterocycles. The summed E-state index contributed by atoms with van der Waals surface area (Å²) in [5, 5.41) is 7.81. The maximum atomic E-state index is 5.41. The molecule has 0 bridgehead atoms. The number of hydrogen-bond donors (Lipinski definition) is 1. The number of nitrogens with zero attached hydrogens (tertiary/aromatic N) is 2. The van der Waals surface area contributed by atoms with Crippen LogP contribution in [0.25, 0.3) is 0 Å². The first kappa shape index (κ1) is 13.0. The lowest BCUT2D eigenvalue weighted by molar-refractivity contribution is 0.174. The van der Waals surface area contributed by atoms with E-state index in [1.54, 1.807) is 0 Å². The van der Waals surface area contributed by atoms with E-state index in [0.717, 1.165) is 35.8 Å². The Kier molecular flexibility index (Phi) is 3.36. The molecule has 3 rings (SSSR count). The summed E-state index contributed by atoms with van der Waals surface area (Å²) in [6.07, 6.45) is 0. The molecule has 0 radical (unpaired) electrons. The first-order valence-electron chi connectivity index (χ1n) is 6.75. The molecule has 1 aromatic carbocycles. The van der Waals surface area contributed by atoms with E-state index in [9.17, 15) is 0 Å². The fourth-order valence-electron chi connectivity index (χ4n) is 2.53. The zero-order valence-corrected chi connectivity index (χ0v) is 12.1. The minimum Gasteiger partial charge on any atom is -0.454 e. The van der Waals surface area contributed by atoms with Crippen molar-refractivity contribution in [2.75, 3.05) is 13.8 Å². The molecule has 1 N–H and O–H groups in total. The quantitative estimate of drug-likeness (QED) is 0.925. The first-order valence-corrected chi connectivity index (χ1v) is 6.75. The van der Waals surface area contributed by atoms with Crippen LogP contribution >= 0.6 is 0 Å². The Morgan fingerprint density at radius 3 is 2.85 bits per heavy atom. The van der Waals surface area contributed by atoms with Crippen molar-refractivity contribution >= 4 is 0 Å². The Balaban J connectivity index is 1.86. The number of nitrogens with one attached hydrogen (secondary N) is 1. The van der Waals surface area contributed by atoms with Gasteiger partial charge >= 0.3 is 0 Å². The molecule has 0 fully saturated rings. The second-order valence-corrected chi connectivity index (χ2v) is 5.02. The van der Waals surface area contributed by atoms with Gasteiger partial charge in [0.25, 0.3) is 0 Å².